The molecule has 24 heavy (non-hydrogen) atoms. The summed E-state index contributed by atoms with van der Waals surface area (Å²) in [5.41, 5.74) is 4.84. The Kier molecular flexibility index (Phi) is 4.82. The summed E-state index contributed by atoms with van der Waals surface area (Å²) in [6.45, 7) is 6.68. The first-order chi connectivity index (χ1) is 11.6. The summed E-state index contributed by atoms with van der Waals surface area (Å²) in [7, 11) is 0. The molecule has 2 aromatic carbocycles. The van der Waals surface area contributed by atoms with Gasteiger partial charge in [0.05, 0.1) is 17.3 Å². The molecular weight excluding hydrogens is 301 g/mol. The zero-order chi connectivity index (χ0) is 17.1. The number of nitrogens with one attached hydrogen (secondary N) is 1. The Labute approximate surface area is 142 Å². The van der Waals surface area contributed by atoms with E-state index in [1.807, 2.05) is 6.07 Å². The fraction of sp³-hybridized carbons (Fsp3) is 0.350. The molecule has 1 aliphatic rings. The molecule has 0 aliphatic carbocycles. The maximum atomic E-state index is 14.1. The van der Waals surface area contributed by atoms with Crippen molar-refractivity contribution in [1.29, 1.82) is 5.26 Å². The van der Waals surface area contributed by atoms with Crippen molar-refractivity contribution >= 4 is 5.69 Å². The predicted molar refractivity (Wildman–Crippen MR) is 94.5 cm³/mol. The number of aryl methyl sites for hydroxylation is 2. The van der Waals surface area contributed by atoms with Crippen LogP contribution in [0.1, 0.15) is 28.7 Å². The smallest absolute Gasteiger partial charge is 0.147 e. The van der Waals surface area contributed by atoms with Crippen LogP contribution in [0.4, 0.5) is 10.1 Å². The second-order valence-corrected chi connectivity index (χ2v) is 6.52. The Hall–Kier alpha value is -2.38. The Morgan fingerprint density at radius 2 is 2.08 bits per heavy atom. The van der Waals surface area contributed by atoms with E-state index in [2.05, 4.69) is 42.3 Å². The highest BCUT2D eigenvalue weighted by Gasteiger charge is 2.24. The van der Waals surface area contributed by atoms with Gasteiger partial charge in [-0.3, -0.25) is 0 Å². The SMILES string of the molecule is Cc1ccc(CNC2CCN(c3ccc(C#N)cc3F)C2)c(C)c1. The second kappa shape index (κ2) is 7.02. The van der Waals surface area contributed by atoms with Crippen molar-refractivity contribution in [1.82, 2.24) is 5.32 Å². The number of halogens is 1. The molecule has 1 aliphatic heterocycles. The molecule has 0 saturated carbocycles. The fourth-order valence-corrected chi connectivity index (χ4v) is 3.28. The highest BCUT2D eigenvalue weighted by Crippen LogP contribution is 2.24. The second-order valence-electron chi connectivity index (χ2n) is 6.52. The molecule has 1 atom stereocenters. The van der Waals surface area contributed by atoms with E-state index in [-0.39, 0.29) is 5.82 Å². The molecule has 3 rings (SSSR count). The van der Waals surface area contributed by atoms with Crippen LogP contribution in [0, 0.1) is 31.0 Å². The first-order valence-electron chi connectivity index (χ1n) is 8.31. The van der Waals surface area contributed by atoms with Crippen molar-refractivity contribution < 1.29 is 4.39 Å². The van der Waals surface area contributed by atoms with Gasteiger partial charge in [-0.25, -0.2) is 4.39 Å². The molecule has 0 radical (unpaired) electrons. The third-order valence-electron chi connectivity index (χ3n) is 4.69. The minimum absolute atomic E-state index is 0.316. The highest BCUT2D eigenvalue weighted by molar-refractivity contribution is 5.52. The maximum absolute atomic E-state index is 14.1. The van der Waals surface area contributed by atoms with Gasteiger partial charge in [-0.05, 0) is 49.6 Å². The Balaban J connectivity index is 1.60. The number of hydrogen-bond acceptors (Lipinski definition) is 3. The summed E-state index contributed by atoms with van der Waals surface area (Å²) in [4.78, 5) is 2.05. The van der Waals surface area contributed by atoms with E-state index >= 15 is 0 Å². The van der Waals surface area contributed by atoms with Gasteiger partial charge in [-0.2, -0.15) is 5.26 Å². The number of benzene rings is 2. The van der Waals surface area contributed by atoms with Crippen LogP contribution in [0.15, 0.2) is 36.4 Å². The summed E-state index contributed by atoms with van der Waals surface area (Å²) in [6, 6.07) is 13.5. The van der Waals surface area contributed by atoms with Crippen LogP contribution < -0.4 is 10.2 Å². The van der Waals surface area contributed by atoms with E-state index in [0.717, 1.165) is 26.1 Å². The molecule has 1 N–H and O–H groups in total. The molecule has 3 nitrogen and oxygen atoms in total. The van der Waals surface area contributed by atoms with Crippen LogP contribution in [-0.4, -0.2) is 19.1 Å². The lowest BCUT2D eigenvalue weighted by Gasteiger charge is -2.20. The standard InChI is InChI=1S/C20H22FN3/c1-14-3-5-17(15(2)9-14)12-23-18-7-8-24(13-18)20-6-4-16(11-22)10-19(20)21/h3-6,9-10,18,23H,7-8,12-13H2,1-2H3. The molecule has 1 unspecified atom stereocenters. The number of nitriles is 1. The van der Waals surface area contributed by atoms with Gasteiger partial charge in [0.1, 0.15) is 5.82 Å². The quantitative estimate of drug-likeness (QED) is 0.933. The summed E-state index contributed by atoms with van der Waals surface area (Å²) < 4.78 is 14.1. The molecule has 1 fully saturated rings. The minimum Gasteiger partial charge on any atom is -0.368 e. The largest absolute Gasteiger partial charge is 0.368 e. The summed E-state index contributed by atoms with van der Waals surface area (Å²) in [6.07, 6.45) is 0.990. The van der Waals surface area contributed by atoms with Crippen molar-refractivity contribution in [2.24, 2.45) is 0 Å². The van der Waals surface area contributed by atoms with Gasteiger partial charge in [0, 0.05) is 25.7 Å². The molecule has 0 aromatic heterocycles. The highest BCUT2D eigenvalue weighted by atomic mass is 19.1. The van der Waals surface area contributed by atoms with Crippen LogP contribution in [-0.2, 0) is 6.54 Å². The Bertz CT molecular complexity index is 779. The lowest BCUT2D eigenvalue weighted by Crippen LogP contribution is -2.32. The molecule has 4 heteroatoms. The van der Waals surface area contributed by atoms with Crippen LogP contribution in [0.2, 0.25) is 0 Å². The fourth-order valence-electron chi connectivity index (χ4n) is 3.28. The third-order valence-corrected chi connectivity index (χ3v) is 4.69. The topological polar surface area (TPSA) is 39.1 Å². The lowest BCUT2D eigenvalue weighted by atomic mass is 10.1. The van der Waals surface area contributed by atoms with E-state index in [1.54, 1.807) is 12.1 Å². The third kappa shape index (κ3) is 3.58. The number of hydrogen-bond donors (Lipinski definition) is 1. The van der Waals surface area contributed by atoms with Crippen LogP contribution in [0.3, 0.4) is 0 Å². The first kappa shape index (κ1) is 16.5. The maximum Gasteiger partial charge on any atom is 0.147 e. The zero-order valence-corrected chi connectivity index (χ0v) is 14.1. The zero-order valence-electron chi connectivity index (χ0n) is 14.1. The van der Waals surface area contributed by atoms with Crippen molar-refractivity contribution in [3.63, 3.8) is 0 Å². The van der Waals surface area contributed by atoms with E-state index in [1.165, 1.54) is 22.8 Å². The average molecular weight is 323 g/mol. The first-order valence-corrected chi connectivity index (χ1v) is 8.31. The van der Waals surface area contributed by atoms with Crippen molar-refractivity contribution in [3.8, 4) is 6.07 Å². The average Bonchev–Trinajstić information content (AvgIpc) is 3.02. The van der Waals surface area contributed by atoms with Gasteiger partial charge >= 0.3 is 0 Å². The van der Waals surface area contributed by atoms with Gasteiger partial charge in [-0.1, -0.05) is 23.8 Å². The molecule has 1 heterocycles. The van der Waals surface area contributed by atoms with Gasteiger partial charge in [-0.15, -0.1) is 0 Å². The van der Waals surface area contributed by atoms with E-state index in [0.29, 0.717) is 17.3 Å². The monoisotopic (exact) mass is 323 g/mol. The van der Waals surface area contributed by atoms with Crippen molar-refractivity contribution in [2.45, 2.75) is 32.9 Å². The number of nitrogens with zero attached hydrogens (tertiary/aromatic N) is 2. The van der Waals surface area contributed by atoms with Crippen LogP contribution in [0.5, 0.6) is 0 Å². The normalized spacial score (nSPS) is 17.1. The van der Waals surface area contributed by atoms with Crippen molar-refractivity contribution in [2.75, 3.05) is 18.0 Å². The molecule has 0 spiro atoms. The van der Waals surface area contributed by atoms with Gasteiger partial charge in [0.15, 0.2) is 0 Å². The van der Waals surface area contributed by atoms with E-state index < -0.39 is 0 Å². The van der Waals surface area contributed by atoms with E-state index in [9.17, 15) is 4.39 Å². The summed E-state index contributed by atoms with van der Waals surface area (Å²) in [5.74, 6) is -0.316. The minimum atomic E-state index is -0.316. The van der Waals surface area contributed by atoms with Gasteiger partial charge < -0.3 is 10.2 Å². The molecule has 124 valence electrons. The van der Waals surface area contributed by atoms with Gasteiger partial charge in [0.25, 0.3) is 0 Å². The molecule has 0 amide bonds. The van der Waals surface area contributed by atoms with Crippen LogP contribution >= 0.6 is 0 Å². The number of anilines is 1. The van der Waals surface area contributed by atoms with E-state index in [4.69, 9.17) is 5.26 Å². The predicted octanol–water partition coefficient (Wildman–Crippen LogP) is 3.68. The number of rotatable bonds is 4. The lowest BCUT2D eigenvalue weighted by molar-refractivity contribution is 0.549. The summed E-state index contributed by atoms with van der Waals surface area (Å²) >= 11 is 0. The van der Waals surface area contributed by atoms with Crippen molar-refractivity contribution in [3.05, 3.63) is 64.5 Å². The molecule has 2 aromatic rings. The summed E-state index contributed by atoms with van der Waals surface area (Å²) in [5, 5.41) is 12.4. The molecule has 1 saturated heterocycles. The Morgan fingerprint density at radius 3 is 2.79 bits per heavy atom. The molecular formula is C20H22FN3. The van der Waals surface area contributed by atoms with Gasteiger partial charge in [0.2, 0.25) is 0 Å². The molecule has 0 bridgehead atoms. The van der Waals surface area contributed by atoms with Crippen LogP contribution in [0.25, 0.3) is 0 Å². The Morgan fingerprint density at radius 1 is 1.25 bits per heavy atom.